The second-order valence-electron chi connectivity index (χ2n) is 8.17. The first-order valence-electron chi connectivity index (χ1n) is 9.00. The third-order valence-electron chi connectivity index (χ3n) is 4.14. The molecule has 0 saturated carbocycles. The lowest BCUT2D eigenvalue weighted by Crippen LogP contribution is -2.37. The van der Waals surface area contributed by atoms with E-state index in [1.54, 1.807) is 20.8 Å². The normalized spacial score (nSPS) is 14.4. The van der Waals surface area contributed by atoms with Gasteiger partial charge in [-0.25, -0.2) is 0 Å². The molecule has 0 saturated heterocycles. The van der Waals surface area contributed by atoms with Crippen molar-refractivity contribution < 1.29 is 23.8 Å². The average molecular weight is 360 g/mol. The molecule has 2 aromatic rings. The number of aliphatic carboxylic acids is 1. The highest BCUT2D eigenvalue weighted by Crippen LogP contribution is 2.29. The first-order chi connectivity index (χ1) is 12.1. The number of carboxylic acids is 1. The molecule has 0 amide bonds. The number of carboxylic acid groups (broad SMARTS) is 1. The molecule has 1 aromatic carbocycles. The summed E-state index contributed by atoms with van der Waals surface area (Å²) in [6.07, 6.45) is 0.604. The van der Waals surface area contributed by atoms with E-state index in [2.05, 4.69) is 0 Å². The van der Waals surface area contributed by atoms with Crippen LogP contribution in [0.1, 0.15) is 46.8 Å². The molecule has 142 valence electrons. The molecule has 2 atom stereocenters. The first-order valence-corrected chi connectivity index (χ1v) is 9.00. The molecule has 1 N–H and O–H groups in total. The molecular weight excluding hydrogens is 332 g/mol. The molecule has 5 heteroatoms. The van der Waals surface area contributed by atoms with Crippen molar-refractivity contribution in [2.75, 3.05) is 0 Å². The fraction of sp³-hybridized carbons (Fsp3) is 0.524. The minimum atomic E-state index is -0.981. The Hall–Kier alpha value is -2.30. The summed E-state index contributed by atoms with van der Waals surface area (Å²) < 4.78 is 11.3. The first kappa shape index (κ1) is 20.0. The molecule has 0 fully saturated rings. The Morgan fingerprint density at radius 3 is 2.35 bits per heavy atom. The third kappa shape index (κ3) is 5.35. The lowest BCUT2D eigenvalue weighted by atomic mass is 9.82. The second-order valence-corrected chi connectivity index (χ2v) is 8.17. The molecule has 1 aromatic heterocycles. The Kier molecular flexibility index (Phi) is 6.11. The largest absolute Gasteiger partial charge is 0.481 e. The zero-order chi connectivity index (χ0) is 19.5. The number of hydrogen-bond donors (Lipinski definition) is 1. The second kappa shape index (κ2) is 7.94. The molecule has 1 heterocycles. The Balaban J connectivity index is 2.34. The Morgan fingerprint density at radius 2 is 1.81 bits per heavy atom. The van der Waals surface area contributed by atoms with Crippen LogP contribution in [0.5, 0.6) is 0 Å². The summed E-state index contributed by atoms with van der Waals surface area (Å²) in [5.74, 6) is -2.35. The number of ether oxygens (including phenoxy) is 1. The van der Waals surface area contributed by atoms with Gasteiger partial charge in [0.1, 0.15) is 16.9 Å². The van der Waals surface area contributed by atoms with Gasteiger partial charge in [-0.05, 0) is 45.2 Å². The predicted molar refractivity (Wildman–Crippen MR) is 99.8 cm³/mol. The van der Waals surface area contributed by atoms with Gasteiger partial charge in [0.05, 0.1) is 11.8 Å². The van der Waals surface area contributed by atoms with Crippen molar-refractivity contribution in [2.45, 2.75) is 53.1 Å². The maximum atomic E-state index is 12.8. The Bertz CT molecular complexity index is 733. The number of esters is 1. The van der Waals surface area contributed by atoms with Gasteiger partial charge in [0.25, 0.3) is 0 Å². The molecule has 0 bridgehead atoms. The maximum Gasteiger partial charge on any atom is 0.310 e. The highest BCUT2D eigenvalue weighted by molar-refractivity contribution is 5.82. The van der Waals surface area contributed by atoms with Gasteiger partial charge >= 0.3 is 11.9 Å². The van der Waals surface area contributed by atoms with Crippen LogP contribution in [-0.4, -0.2) is 22.6 Å². The maximum absolute atomic E-state index is 12.8. The Labute approximate surface area is 154 Å². The van der Waals surface area contributed by atoms with Crippen molar-refractivity contribution in [1.82, 2.24) is 0 Å². The average Bonchev–Trinajstić information content (AvgIpc) is 2.90. The standard InChI is InChI=1S/C21H28O5/c1-13(2)10-16(19(22)23)17(20(24)26-21(3,4)5)12-15-11-14-8-6-7-9-18(14)25-15/h6-9,11,13,16-17H,10,12H2,1-5H3,(H,22,23)/t16-,17+/m1/s1. The minimum absolute atomic E-state index is 0.150. The van der Waals surface area contributed by atoms with Gasteiger partial charge < -0.3 is 14.3 Å². The number of para-hydroxylation sites is 1. The molecule has 0 aliphatic carbocycles. The quantitative estimate of drug-likeness (QED) is 0.726. The molecule has 0 radical (unpaired) electrons. The molecule has 0 aliphatic heterocycles. The van der Waals surface area contributed by atoms with E-state index in [9.17, 15) is 14.7 Å². The lowest BCUT2D eigenvalue weighted by molar-refractivity contribution is -0.167. The van der Waals surface area contributed by atoms with Crippen LogP contribution in [0, 0.1) is 17.8 Å². The number of furan rings is 1. The molecule has 0 unspecified atom stereocenters. The number of carbonyl (C=O) groups is 2. The Morgan fingerprint density at radius 1 is 1.15 bits per heavy atom. The van der Waals surface area contributed by atoms with E-state index in [4.69, 9.17) is 9.15 Å². The van der Waals surface area contributed by atoms with E-state index in [1.165, 1.54) is 0 Å². The van der Waals surface area contributed by atoms with E-state index in [0.29, 0.717) is 12.2 Å². The van der Waals surface area contributed by atoms with Gasteiger partial charge in [-0.3, -0.25) is 9.59 Å². The van der Waals surface area contributed by atoms with Crippen molar-refractivity contribution in [1.29, 1.82) is 0 Å². The molecule has 0 aliphatic rings. The van der Waals surface area contributed by atoms with Gasteiger partial charge in [0.15, 0.2) is 0 Å². The highest BCUT2D eigenvalue weighted by atomic mass is 16.6. The fourth-order valence-electron chi connectivity index (χ4n) is 3.07. The SMILES string of the molecule is CC(C)C[C@@H](C(=O)O)[C@H](Cc1cc2ccccc2o1)C(=O)OC(C)(C)C. The number of fused-ring (bicyclic) bond motifs is 1. The smallest absolute Gasteiger partial charge is 0.310 e. The van der Waals surface area contributed by atoms with Crippen LogP contribution in [0.4, 0.5) is 0 Å². The molecule has 2 rings (SSSR count). The minimum Gasteiger partial charge on any atom is -0.481 e. The summed E-state index contributed by atoms with van der Waals surface area (Å²) in [4.78, 5) is 24.6. The molecular formula is C21H28O5. The van der Waals surface area contributed by atoms with Crippen LogP contribution in [0.3, 0.4) is 0 Å². The van der Waals surface area contributed by atoms with Gasteiger partial charge in [-0.15, -0.1) is 0 Å². The van der Waals surface area contributed by atoms with E-state index in [-0.39, 0.29) is 12.3 Å². The van der Waals surface area contributed by atoms with Crippen LogP contribution in [0.2, 0.25) is 0 Å². The van der Waals surface area contributed by atoms with Crippen molar-refractivity contribution >= 4 is 22.9 Å². The number of benzene rings is 1. The van der Waals surface area contributed by atoms with Crippen LogP contribution in [0.25, 0.3) is 11.0 Å². The topological polar surface area (TPSA) is 76.7 Å². The zero-order valence-electron chi connectivity index (χ0n) is 16.1. The number of hydrogen-bond acceptors (Lipinski definition) is 4. The number of rotatable bonds is 7. The molecule has 26 heavy (non-hydrogen) atoms. The monoisotopic (exact) mass is 360 g/mol. The summed E-state index contributed by atoms with van der Waals surface area (Å²) in [6.45, 7) is 9.23. The van der Waals surface area contributed by atoms with Gasteiger partial charge in [0.2, 0.25) is 0 Å². The van der Waals surface area contributed by atoms with Crippen molar-refractivity contribution in [3.05, 3.63) is 36.1 Å². The summed E-state index contributed by atoms with van der Waals surface area (Å²) in [6, 6.07) is 9.42. The summed E-state index contributed by atoms with van der Waals surface area (Å²) in [7, 11) is 0. The summed E-state index contributed by atoms with van der Waals surface area (Å²) >= 11 is 0. The van der Waals surface area contributed by atoms with Crippen LogP contribution >= 0.6 is 0 Å². The highest BCUT2D eigenvalue weighted by Gasteiger charge is 2.37. The van der Waals surface area contributed by atoms with Crippen molar-refractivity contribution in [3.63, 3.8) is 0 Å². The fourth-order valence-corrected chi connectivity index (χ4v) is 3.07. The van der Waals surface area contributed by atoms with E-state index >= 15 is 0 Å². The van der Waals surface area contributed by atoms with Crippen LogP contribution in [0.15, 0.2) is 34.7 Å². The third-order valence-corrected chi connectivity index (χ3v) is 4.14. The van der Waals surface area contributed by atoms with Crippen molar-refractivity contribution in [3.8, 4) is 0 Å². The zero-order valence-corrected chi connectivity index (χ0v) is 16.1. The number of carbonyl (C=O) groups excluding carboxylic acids is 1. The van der Waals surface area contributed by atoms with Crippen molar-refractivity contribution in [2.24, 2.45) is 17.8 Å². The molecule has 5 nitrogen and oxygen atoms in total. The van der Waals surface area contributed by atoms with Gasteiger partial charge in [-0.1, -0.05) is 32.0 Å². The molecule has 0 spiro atoms. The van der Waals surface area contributed by atoms with Gasteiger partial charge in [0, 0.05) is 11.8 Å². The van der Waals surface area contributed by atoms with Crippen LogP contribution in [-0.2, 0) is 20.7 Å². The van der Waals surface area contributed by atoms with E-state index in [0.717, 1.165) is 11.0 Å². The predicted octanol–water partition coefficient (Wildman–Crippen LogP) is 4.68. The summed E-state index contributed by atoms with van der Waals surface area (Å²) in [5.41, 5.74) is 0.0468. The lowest BCUT2D eigenvalue weighted by Gasteiger charge is -2.27. The van der Waals surface area contributed by atoms with E-state index in [1.807, 2.05) is 44.2 Å². The van der Waals surface area contributed by atoms with E-state index < -0.39 is 29.4 Å². The van der Waals surface area contributed by atoms with Gasteiger partial charge in [-0.2, -0.15) is 0 Å². The van der Waals surface area contributed by atoms with Crippen LogP contribution < -0.4 is 0 Å². The summed E-state index contributed by atoms with van der Waals surface area (Å²) in [5, 5.41) is 10.7.